The van der Waals surface area contributed by atoms with E-state index in [2.05, 4.69) is 47.1 Å². The van der Waals surface area contributed by atoms with Crippen LogP contribution in [0.2, 0.25) is 0 Å². The van der Waals surface area contributed by atoms with E-state index < -0.39 is 5.82 Å². The van der Waals surface area contributed by atoms with Gasteiger partial charge in [0.1, 0.15) is 35.7 Å². The summed E-state index contributed by atoms with van der Waals surface area (Å²) in [6.07, 6.45) is 4.57. The minimum Gasteiger partial charge on any atom is -0.508 e. The van der Waals surface area contributed by atoms with Gasteiger partial charge in [0.25, 0.3) is 11.8 Å². The van der Waals surface area contributed by atoms with Gasteiger partial charge in [-0.1, -0.05) is 36.8 Å². The van der Waals surface area contributed by atoms with E-state index in [1.807, 2.05) is 48.6 Å². The molecule has 1 N–H and O–H groups in total. The summed E-state index contributed by atoms with van der Waals surface area (Å²) >= 11 is 0. The van der Waals surface area contributed by atoms with Crippen LogP contribution in [0.5, 0.6) is 11.5 Å². The van der Waals surface area contributed by atoms with Crippen molar-refractivity contribution in [2.24, 2.45) is 14.1 Å². The Morgan fingerprint density at radius 2 is 1.57 bits per heavy atom. The van der Waals surface area contributed by atoms with Crippen LogP contribution < -0.4 is 9.64 Å². The second-order valence-electron chi connectivity index (χ2n) is 20.8. The number of amides is 3. The number of likely N-dealkylation sites (tertiary alicyclic amines) is 1. The number of nitrogens with zero attached hydrogens (tertiary/aromatic N) is 8. The number of morpholine rings is 1. The number of carbonyl (C=O) groups is 3. The number of benzene rings is 4. The third kappa shape index (κ3) is 10.6. The number of rotatable bonds is 13. The molecule has 2 atom stereocenters. The van der Waals surface area contributed by atoms with Crippen molar-refractivity contribution in [2.75, 3.05) is 64.0 Å². The summed E-state index contributed by atoms with van der Waals surface area (Å²) in [5, 5.41) is 20.3. The van der Waals surface area contributed by atoms with E-state index in [4.69, 9.17) is 9.47 Å². The van der Waals surface area contributed by atoms with Gasteiger partial charge in [-0.25, -0.2) is 4.39 Å². The number of carbonyl (C=O) groups excluding carboxylic acids is 3. The van der Waals surface area contributed by atoms with Crippen LogP contribution in [0.1, 0.15) is 91.8 Å². The average molecular weight is 1020 g/mol. The minimum absolute atomic E-state index is 0.0504. The number of hydrogen-bond acceptors (Lipinski definition) is 9. The average Bonchev–Trinajstić information content (AvgIpc) is 3.90. The number of halogens is 1. The number of ether oxygens (including phenoxy) is 2. The summed E-state index contributed by atoms with van der Waals surface area (Å²) in [7, 11) is 3.69. The van der Waals surface area contributed by atoms with Gasteiger partial charge in [-0.15, -0.1) is 0 Å². The molecule has 15 heteroatoms. The molecule has 4 aliphatic heterocycles. The van der Waals surface area contributed by atoms with Crippen LogP contribution in [-0.2, 0) is 56.0 Å². The Labute approximate surface area is 439 Å². The van der Waals surface area contributed by atoms with Crippen molar-refractivity contribution < 1.29 is 33.4 Å². The maximum atomic E-state index is 15.8. The largest absolute Gasteiger partial charge is 0.508 e. The molecule has 10 rings (SSSR count). The normalized spacial score (nSPS) is 17.5. The van der Waals surface area contributed by atoms with Crippen LogP contribution in [0.4, 0.5) is 15.8 Å². The summed E-state index contributed by atoms with van der Waals surface area (Å²) in [5.74, 6) is -0.712. The third-order valence-corrected chi connectivity index (χ3v) is 16.2. The zero-order valence-electron chi connectivity index (χ0n) is 43.8. The zero-order valence-corrected chi connectivity index (χ0v) is 43.8. The van der Waals surface area contributed by atoms with Gasteiger partial charge in [-0.2, -0.15) is 5.26 Å². The lowest BCUT2D eigenvalue weighted by Gasteiger charge is -2.41. The fourth-order valence-corrected chi connectivity index (χ4v) is 11.4. The number of fused-ring (bicyclic) bond motifs is 2. The van der Waals surface area contributed by atoms with E-state index in [1.165, 1.54) is 30.2 Å². The Balaban J connectivity index is 0.990. The topological polar surface area (TPSA) is 140 Å². The zero-order chi connectivity index (χ0) is 52.5. The monoisotopic (exact) mass is 1010 g/mol. The van der Waals surface area contributed by atoms with E-state index >= 15 is 14.0 Å². The smallest absolute Gasteiger partial charge is 0.264 e. The highest BCUT2D eigenvalue weighted by molar-refractivity contribution is 6.13. The molecular formula is C60H67FN8O6. The Bertz CT molecular complexity index is 3160. The van der Waals surface area contributed by atoms with Crippen molar-refractivity contribution in [3.05, 3.63) is 153 Å². The molecule has 14 nitrogen and oxygen atoms in total. The number of nitriles is 1. The van der Waals surface area contributed by atoms with Crippen LogP contribution in [0.25, 0.3) is 11.3 Å². The Morgan fingerprint density at radius 1 is 0.827 bits per heavy atom. The van der Waals surface area contributed by atoms with Crippen molar-refractivity contribution in [1.82, 2.24) is 28.7 Å². The highest BCUT2D eigenvalue weighted by atomic mass is 19.1. The molecule has 2 saturated heterocycles. The van der Waals surface area contributed by atoms with E-state index in [9.17, 15) is 15.2 Å². The van der Waals surface area contributed by atoms with Gasteiger partial charge in [0, 0.05) is 105 Å². The molecule has 6 heterocycles. The first-order valence-electron chi connectivity index (χ1n) is 26.4. The molecule has 4 aromatic carbocycles. The number of phenolic OH excluding ortho intramolecular Hbond substituents is 1. The van der Waals surface area contributed by atoms with Gasteiger partial charge in [-0.05, 0) is 142 Å². The molecule has 2 fully saturated rings. The lowest BCUT2D eigenvalue weighted by molar-refractivity contribution is -0.131. The fraction of sp³-hybridized carbons (Fsp3) is 0.400. The van der Waals surface area contributed by atoms with E-state index in [1.54, 1.807) is 51.7 Å². The summed E-state index contributed by atoms with van der Waals surface area (Å²) in [6.45, 7) is 13.1. The minimum atomic E-state index is -0.496. The molecular weight excluding hydrogens is 948 g/mol. The lowest BCUT2D eigenvalue weighted by Crippen LogP contribution is -2.51. The van der Waals surface area contributed by atoms with E-state index in [-0.39, 0.29) is 54.1 Å². The number of aromatic nitrogens is 2. The molecule has 3 amide bonds. The molecule has 1 unspecified atom stereocenters. The summed E-state index contributed by atoms with van der Waals surface area (Å²) in [4.78, 5) is 55.3. The second kappa shape index (κ2) is 21.9. The highest BCUT2D eigenvalue weighted by Gasteiger charge is 2.36. The molecule has 6 aromatic rings. The standard InChI is InChI=1S/C60H67FN8O6/c1-39(66-23-25-74-26-24-66)38-75-51-18-13-44(55(61)32-51)30-58(71)67-22-19-43-28-53(54(29-46(43)35-67)59(72)68-36-45-12-8-7-11-42(45)27-49(68)37-65-20-9-6-10-21-65)57-33-52(40(2)64(57)5)60(73)69(47-14-16-50(70)17-15-47)56-31-48(34-62)63(4)41(56)3/h7-8,11-18,28-29,31-33,39,49,70H,6,9-10,19-27,30,35-38H2,1-5H3/t39?,49-/m0/s1. The van der Waals surface area contributed by atoms with E-state index in [0.717, 1.165) is 68.7 Å². The Hall–Kier alpha value is -7.25. The number of phenols is 1. The first-order valence-corrected chi connectivity index (χ1v) is 26.4. The van der Waals surface area contributed by atoms with Crippen molar-refractivity contribution in [2.45, 2.75) is 84.5 Å². The molecule has 390 valence electrons. The lowest BCUT2D eigenvalue weighted by atomic mass is 9.89. The number of piperidine rings is 1. The molecule has 2 aromatic heterocycles. The molecule has 0 bridgehead atoms. The van der Waals surface area contributed by atoms with Gasteiger partial charge >= 0.3 is 0 Å². The van der Waals surface area contributed by atoms with Crippen LogP contribution in [-0.4, -0.2) is 123 Å². The van der Waals surface area contributed by atoms with Crippen molar-refractivity contribution >= 4 is 29.1 Å². The molecule has 0 saturated carbocycles. The van der Waals surface area contributed by atoms with Crippen LogP contribution >= 0.6 is 0 Å². The van der Waals surface area contributed by atoms with Crippen LogP contribution in [0.15, 0.2) is 91.0 Å². The summed E-state index contributed by atoms with van der Waals surface area (Å²) in [5.41, 5.74) is 9.52. The van der Waals surface area contributed by atoms with E-state index in [0.29, 0.717) is 95.9 Å². The first kappa shape index (κ1) is 51.2. The Kier molecular flexibility index (Phi) is 15.0. The van der Waals surface area contributed by atoms with Crippen molar-refractivity contribution in [1.29, 1.82) is 5.26 Å². The summed E-state index contributed by atoms with van der Waals surface area (Å²) < 4.78 is 30.9. The fourth-order valence-electron chi connectivity index (χ4n) is 11.4. The van der Waals surface area contributed by atoms with Crippen molar-refractivity contribution in [3.8, 4) is 28.8 Å². The number of hydrogen-bond donors (Lipinski definition) is 1. The maximum absolute atomic E-state index is 15.8. The molecule has 0 aliphatic carbocycles. The van der Waals surface area contributed by atoms with Gasteiger partial charge in [0.05, 0.1) is 30.9 Å². The number of anilines is 2. The highest BCUT2D eigenvalue weighted by Crippen LogP contribution is 2.39. The molecule has 75 heavy (non-hydrogen) atoms. The van der Waals surface area contributed by atoms with Gasteiger partial charge in [0.15, 0.2) is 0 Å². The predicted molar refractivity (Wildman–Crippen MR) is 286 cm³/mol. The number of aromatic hydroxyl groups is 1. The maximum Gasteiger partial charge on any atom is 0.264 e. The quantitative estimate of drug-likeness (QED) is 0.121. The van der Waals surface area contributed by atoms with Gasteiger partial charge in [0.2, 0.25) is 5.91 Å². The van der Waals surface area contributed by atoms with Crippen LogP contribution in [0.3, 0.4) is 0 Å². The third-order valence-electron chi connectivity index (χ3n) is 16.2. The molecule has 0 radical (unpaired) electrons. The first-order chi connectivity index (χ1) is 36.3. The second-order valence-corrected chi connectivity index (χ2v) is 20.8. The Morgan fingerprint density at radius 3 is 2.29 bits per heavy atom. The predicted octanol–water partition coefficient (Wildman–Crippen LogP) is 8.62. The summed E-state index contributed by atoms with van der Waals surface area (Å²) in [6, 6.07) is 29.4. The van der Waals surface area contributed by atoms with Crippen molar-refractivity contribution in [3.63, 3.8) is 0 Å². The molecule has 0 spiro atoms. The van der Waals surface area contributed by atoms with Gasteiger partial charge < -0.3 is 38.4 Å². The van der Waals surface area contributed by atoms with Gasteiger partial charge in [-0.3, -0.25) is 24.2 Å². The van der Waals surface area contributed by atoms with Crippen LogP contribution in [0, 0.1) is 31.0 Å². The molecule has 4 aliphatic rings. The SMILES string of the molecule is Cc1c(N(C(=O)c2cc(-c3cc4c(cc3C(=O)N3Cc5ccccc5C[C@H]3CN3CCCCC3)CN(C(=O)Cc3ccc(OCC(C)N5CCOCC5)cc3F)CC4)n(C)c2C)c2ccc(O)cc2)cc(C#N)n1C.